The zero-order valence-electron chi connectivity index (χ0n) is 20.6. The Hall–Kier alpha value is -2.93. The Morgan fingerprint density at radius 2 is 1.91 bits per heavy atom. The van der Waals surface area contributed by atoms with E-state index in [-0.39, 0.29) is 29.3 Å². The largest absolute Gasteiger partial charge is 0.462 e. The molecular formula is C27H35N3O4. The minimum atomic E-state index is -0.575. The number of fused-ring (bicyclic) bond motifs is 1. The second kappa shape index (κ2) is 10.6. The van der Waals surface area contributed by atoms with Gasteiger partial charge >= 0.3 is 5.97 Å². The monoisotopic (exact) mass is 465 g/mol. The smallest absolute Gasteiger partial charge is 0.342 e. The SMILES string of the molecule is CCOC(=O)c1c(C)oc2nc(CNC(c3ccc(C4CCCCC4)cc3)C(C)C)[nH]c(=O)c12. The van der Waals surface area contributed by atoms with Crippen molar-refractivity contribution in [3.05, 3.63) is 62.9 Å². The number of rotatable bonds is 8. The lowest BCUT2D eigenvalue weighted by Crippen LogP contribution is -2.27. The number of aromatic nitrogens is 2. The molecule has 0 bridgehead atoms. The quantitative estimate of drug-likeness (QED) is 0.424. The van der Waals surface area contributed by atoms with E-state index in [1.807, 2.05) is 0 Å². The number of nitrogens with zero attached hydrogens (tertiary/aromatic N) is 1. The molecule has 2 N–H and O–H groups in total. The lowest BCUT2D eigenvalue weighted by atomic mass is 9.83. The van der Waals surface area contributed by atoms with Gasteiger partial charge < -0.3 is 19.5 Å². The highest BCUT2D eigenvalue weighted by Crippen LogP contribution is 2.33. The Morgan fingerprint density at radius 3 is 2.56 bits per heavy atom. The van der Waals surface area contributed by atoms with Crippen LogP contribution < -0.4 is 10.9 Å². The molecule has 182 valence electrons. The molecule has 34 heavy (non-hydrogen) atoms. The third-order valence-electron chi connectivity index (χ3n) is 6.79. The summed E-state index contributed by atoms with van der Waals surface area (Å²) in [5, 5.41) is 3.68. The van der Waals surface area contributed by atoms with Gasteiger partial charge in [0.05, 0.1) is 13.2 Å². The van der Waals surface area contributed by atoms with E-state index in [2.05, 4.69) is 53.4 Å². The van der Waals surface area contributed by atoms with E-state index in [1.54, 1.807) is 13.8 Å². The van der Waals surface area contributed by atoms with Crippen molar-refractivity contribution in [3.63, 3.8) is 0 Å². The van der Waals surface area contributed by atoms with Crippen LogP contribution in [0.15, 0.2) is 33.5 Å². The van der Waals surface area contributed by atoms with Gasteiger partial charge in [-0.1, -0.05) is 57.4 Å². The number of aromatic amines is 1. The van der Waals surface area contributed by atoms with Gasteiger partial charge in [0, 0.05) is 6.04 Å². The molecular weight excluding hydrogens is 430 g/mol. The first-order chi connectivity index (χ1) is 16.4. The summed E-state index contributed by atoms with van der Waals surface area (Å²) in [4.78, 5) is 32.3. The fraction of sp³-hybridized carbons (Fsp3) is 0.519. The maximum atomic E-state index is 12.8. The summed E-state index contributed by atoms with van der Waals surface area (Å²) in [6, 6.07) is 9.11. The summed E-state index contributed by atoms with van der Waals surface area (Å²) in [5.41, 5.74) is 2.55. The molecule has 0 aliphatic heterocycles. The van der Waals surface area contributed by atoms with Crippen LogP contribution in [0.4, 0.5) is 0 Å². The number of esters is 1. The summed E-state index contributed by atoms with van der Waals surface area (Å²) in [7, 11) is 0. The zero-order valence-corrected chi connectivity index (χ0v) is 20.6. The first-order valence-corrected chi connectivity index (χ1v) is 12.4. The van der Waals surface area contributed by atoms with Gasteiger partial charge in [0.15, 0.2) is 0 Å². The lowest BCUT2D eigenvalue weighted by molar-refractivity contribution is 0.0526. The predicted octanol–water partition coefficient (Wildman–Crippen LogP) is 5.54. The molecule has 1 fully saturated rings. The van der Waals surface area contributed by atoms with E-state index in [1.165, 1.54) is 43.2 Å². The summed E-state index contributed by atoms with van der Waals surface area (Å²) in [6.07, 6.45) is 6.59. The second-order valence-corrected chi connectivity index (χ2v) is 9.55. The van der Waals surface area contributed by atoms with Gasteiger partial charge in [-0.2, -0.15) is 4.98 Å². The number of ether oxygens (including phenoxy) is 1. The molecule has 1 unspecified atom stereocenters. The molecule has 0 spiro atoms. The lowest BCUT2D eigenvalue weighted by Gasteiger charge is -2.25. The minimum Gasteiger partial charge on any atom is -0.462 e. The van der Waals surface area contributed by atoms with Crippen molar-refractivity contribution in [3.8, 4) is 0 Å². The maximum Gasteiger partial charge on any atom is 0.342 e. The third-order valence-corrected chi connectivity index (χ3v) is 6.79. The van der Waals surface area contributed by atoms with Gasteiger partial charge in [-0.15, -0.1) is 0 Å². The molecule has 7 heteroatoms. The minimum absolute atomic E-state index is 0.106. The van der Waals surface area contributed by atoms with Gasteiger partial charge in [-0.05, 0) is 49.7 Å². The molecule has 1 aliphatic carbocycles. The highest BCUT2D eigenvalue weighted by atomic mass is 16.5. The number of hydrogen-bond acceptors (Lipinski definition) is 6. The standard InChI is InChI=1S/C27H35N3O4/c1-5-33-27(32)22-17(4)34-26-23(22)25(31)29-21(30-26)15-28-24(16(2)3)20-13-11-19(12-14-20)18-9-7-6-8-10-18/h11-14,16,18,24,28H,5-10,15H2,1-4H3,(H,29,30,31). The Bertz CT molecular complexity index is 1190. The molecule has 7 nitrogen and oxygen atoms in total. The Balaban J connectivity index is 1.52. The average molecular weight is 466 g/mol. The van der Waals surface area contributed by atoms with Crippen LogP contribution in [-0.2, 0) is 11.3 Å². The zero-order chi connectivity index (χ0) is 24.2. The molecule has 1 atom stereocenters. The topological polar surface area (TPSA) is 97.2 Å². The molecule has 4 rings (SSSR count). The van der Waals surface area contributed by atoms with Crippen LogP contribution >= 0.6 is 0 Å². The fourth-order valence-corrected chi connectivity index (χ4v) is 5.05. The second-order valence-electron chi connectivity index (χ2n) is 9.55. The van der Waals surface area contributed by atoms with Crippen molar-refractivity contribution in [2.24, 2.45) is 5.92 Å². The highest BCUT2D eigenvalue weighted by molar-refractivity contribution is 6.03. The van der Waals surface area contributed by atoms with Gasteiger partial charge in [0.2, 0.25) is 5.71 Å². The normalized spacial score (nSPS) is 15.7. The third kappa shape index (κ3) is 5.09. The number of benzene rings is 1. The molecule has 2 aromatic heterocycles. The molecule has 2 heterocycles. The van der Waals surface area contributed by atoms with E-state index in [9.17, 15) is 9.59 Å². The van der Waals surface area contributed by atoms with Crippen LogP contribution in [0.3, 0.4) is 0 Å². The van der Waals surface area contributed by atoms with E-state index in [4.69, 9.17) is 9.15 Å². The molecule has 1 aromatic carbocycles. The molecule has 3 aromatic rings. The Morgan fingerprint density at radius 1 is 1.21 bits per heavy atom. The van der Waals surface area contributed by atoms with E-state index in [0.29, 0.717) is 30.0 Å². The summed E-state index contributed by atoms with van der Waals surface area (Å²) in [6.45, 7) is 8.29. The Labute approximate surface area is 200 Å². The Kier molecular flexibility index (Phi) is 7.51. The predicted molar refractivity (Wildman–Crippen MR) is 132 cm³/mol. The first kappa shape index (κ1) is 24.2. The number of hydrogen-bond donors (Lipinski definition) is 2. The fourth-order valence-electron chi connectivity index (χ4n) is 5.05. The van der Waals surface area contributed by atoms with Crippen LogP contribution in [0.1, 0.15) is 97.9 Å². The van der Waals surface area contributed by atoms with Crippen molar-refractivity contribution in [1.29, 1.82) is 0 Å². The van der Waals surface area contributed by atoms with Gasteiger partial charge in [0.25, 0.3) is 5.56 Å². The van der Waals surface area contributed by atoms with Crippen LogP contribution in [0, 0.1) is 12.8 Å². The van der Waals surface area contributed by atoms with E-state index < -0.39 is 11.5 Å². The van der Waals surface area contributed by atoms with Crippen molar-refractivity contribution in [2.45, 2.75) is 78.3 Å². The van der Waals surface area contributed by atoms with E-state index >= 15 is 0 Å². The van der Waals surface area contributed by atoms with Gasteiger partial charge in [0.1, 0.15) is 22.5 Å². The summed E-state index contributed by atoms with van der Waals surface area (Å²) >= 11 is 0. The highest BCUT2D eigenvalue weighted by Gasteiger charge is 2.24. The molecule has 0 amide bonds. The number of aryl methyl sites for hydroxylation is 1. The summed E-state index contributed by atoms with van der Waals surface area (Å²) < 4.78 is 10.7. The van der Waals surface area contributed by atoms with Gasteiger partial charge in [-0.3, -0.25) is 4.79 Å². The number of H-pyrrole nitrogens is 1. The molecule has 0 radical (unpaired) electrons. The van der Waals surface area contributed by atoms with Crippen molar-refractivity contribution in [1.82, 2.24) is 15.3 Å². The maximum absolute atomic E-state index is 12.8. The molecule has 1 saturated carbocycles. The number of furan rings is 1. The van der Waals surface area contributed by atoms with E-state index in [0.717, 1.165) is 0 Å². The van der Waals surface area contributed by atoms with Crippen molar-refractivity contribution in [2.75, 3.05) is 6.61 Å². The van der Waals surface area contributed by atoms with Crippen LogP contribution in [0.2, 0.25) is 0 Å². The van der Waals surface area contributed by atoms with Crippen LogP contribution in [0.5, 0.6) is 0 Å². The number of carbonyl (C=O) groups is 1. The average Bonchev–Trinajstić information content (AvgIpc) is 3.16. The van der Waals surface area contributed by atoms with Crippen LogP contribution in [0.25, 0.3) is 11.1 Å². The first-order valence-electron chi connectivity index (χ1n) is 12.4. The molecule has 0 saturated heterocycles. The summed E-state index contributed by atoms with van der Waals surface area (Å²) in [5.74, 6) is 1.25. The number of nitrogens with one attached hydrogen (secondary N) is 2. The van der Waals surface area contributed by atoms with Crippen molar-refractivity contribution >= 4 is 17.1 Å². The van der Waals surface area contributed by atoms with Gasteiger partial charge in [-0.25, -0.2) is 4.79 Å². The molecule has 1 aliphatic rings. The van der Waals surface area contributed by atoms with Crippen molar-refractivity contribution < 1.29 is 13.9 Å². The number of carbonyl (C=O) groups excluding carboxylic acids is 1. The van der Waals surface area contributed by atoms with Crippen LogP contribution in [-0.4, -0.2) is 22.5 Å².